The molecular formula is C14H38O4SiTi. The van der Waals surface area contributed by atoms with Crippen LogP contribution in [0.15, 0.2) is 0 Å². The molecule has 0 aromatic rings. The molecule has 0 aliphatic carbocycles. The standard InChI is InChI=1S/C12H28OSi.C2H6O.2H2O.Ti/c1-10(2)7-14(13,8-11(3)4)9-12(5)6;1-2-3;;;/h10-13H,7-9H2,1-6H3;3H,2H2,1H3;2*1H2;. The minimum atomic E-state index is -1.94. The van der Waals surface area contributed by atoms with E-state index in [4.69, 9.17) is 5.11 Å². The van der Waals surface area contributed by atoms with E-state index in [1.807, 2.05) is 0 Å². The van der Waals surface area contributed by atoms with E-state index in [9.17, 15) is 4.80 Å². The van der Waals surface area contributed by atoms with Crippen molar-refractivity contribution in [2.45, 2.75) is 66.6 Å². The molecule has 0 saturated carbocycles. The van der Waals surface area contributed by atoms with Gasteiger partial charge in [-0.25, -0.2) is 0 Å². The van der Waals surface area contributed by atoms with Crippen molar-refractivity contribution in [1.82, 2.24) is 0 Å². The third-order valence-corrected chi connectivity index (χ3v) is 7.09. The third kappa shape index (κ3) is 23.8. The maximum atomic E-state index is 10.7. The quantitative estimate of drug-likeness (QED) is 0.720. The van der Waals surface area contributed by atoms with Gasteiger partial charge in [0, 0.05) is 28.3 Å². The fourth-order valence-corrected chi connectivity index (χ4v) is 7.59. The van der Waals surface area contributed by atoms with E-state index in [-0.39, 0.29) is 39.3 Å². The molecule has 0 aromatic carbocycles. The zero-order chi connectivity index (χ0) is 14.1. The number of aliphatic hydroxyl groups is 1. The molecule has 20 heavy (non-hydrogen) atoms. The van der Waals surface area contributed by atoms with Crippen LogP contribution in [0.25, 0.3) is 0 Å². The second-order valence-corrected chi connectivity index (χ2v) is 10.0. The zero-order valence-corrected chi connectivity index (χ0v) is 17.0. The maximum Gasteiger partial charge on any atom is 0.189 e. The van der Waals surface area contributed by atoms with Crippen molar-refractivity contribution in [3.63, 3.8) is 0 Å². The van der Waals surface area contributed by atoms with Gasteiger partial charge in [-0.15, -0.1) is 0 Å². The normalized spacial score (nSPS) is 10.2. The van der Waals surface area contributed by atoms with Crippen molar-refractivity contribution in [1.29, 1.82) is 0 Å². The summed E-state index contributed by atoms with van der Waals surface area (Å²) in [6, 6.07) is 3.22. The zero-order valence-electron chi connectivity index (χ0n) is 14.5. The topological polar surface area (TPSA) is 103 Å². The minimum Gasteiger partial charge on any atom is -0.432 e. The summed E-state index contributed by atoms with van der Waals surface area (Å²) in [7, 11) is -1.94. The Morgan fingerprint density at radius 3 is 1.00 bits per heavy atom. The largest absolute Gasteiger partial charge is 0.432 e. The number of rotatable bonds is 6. The second-order valence-electron chi connectivity index (χ2n) is 6.33. The van der Waals surface area contributed by atoms with Crippen molar-refractivity contribution < 1.29 is 42.6 Å². The second kappa shape index (κ2) is 17.8. The van der Waals surface area contributed by atoms with Gasteiger partial charge in [-0.3, -0.25) is 0 Å². The van der Waals surface area contributed by atoms with Gasteiger partial charge in [0.05, 0.1) is 0 Å². The third-order valence-electron chi connectivity index (χ3n) is 2.36. The molecule has 0 rings (SSSR count). The number of hydrogen-bond donors (Lipinski definition) is 2. The van der Waals surface area contributed by atoms with Gasteiger partial charge >= 0.3 is 0 Å². The molecule has 4 nitrogen and oxygen atoms in total. The van der Waals surface area contributed by atoms with Crippen molar-refractivity contribution in [2.75, 3.05) is 6.61 Å². The van der Waals surface area contributed by atoms with Crippen LogP contribution in [-0.2, 0) is 21.7 Å². The summed E-state index contributed by atoms with van der Waals surface area (Å²) >= 11 is 0. The first-order valence-corrected chi connectivity index (χ1v) is 9.56. The van der Waals surface area contributed by atoms with Crippen LogP contribution >= 0.6 is 0 Å². The molecule has 0 bridgehead atoms. The van der Waals surface area contributed by atoms with Crippen molar-refractivity contribution in [3.05, 3.63) is 0 Å². The molecule has 0 aliphatic heterocycles. The van der Waals surface area contributed by atoms with Crippen LogP contribution in [0.2, 0.25) is 18.1 Å². The summed E-state index contributed by atoms with van der Waals surface area (Å²) in [5.41, 5.74) is 0. The fraction of sp³-hybridized carbons (Fsp3) is 1.00. The fourth-order valence-electron chi connectivity index (χ4n) is 2.53. The van der Waals surface area contributed by atoms with Crippen LogP contribution < -0.4 is 0 Å². The summed E-state index contributed by atoms with van der Waals surface area (Å²) < 4.78 is 0. The van der Waals surface area contributed by atoms with E-state index >= 15 is 0 Å². The van der Waals surface area contributed by atoms with Crippen molar-refractivity contribution in [3.8, 4) is 0 Å². The minimum absolute atomic E-state index is 0. The Morgan fingerprint density at radius 1 is 0.750 bits per heavy atom. The first-order chi connectivity index (χ1) is 7.66. The van der Waals surface area contributed by atoms with Crippen LogP contribution in [0.1, 0.15) is 48.5 Å². The van der Waals surface area contributed by atoms with Gasteiger partial charge in [0.2, 0.25) is 0 Å². The summed E-state index contributed by atoms with van der Waals surface area (Å²) in [6.07, 6.45) is 0. The molecule has 0 unspecified atom stereocenters. The molecule has 6 N–H and O–H groups in total. The number of hydrogen-bond acceptors (Lipinski definition) is 2. The Labute approximate surface area is 142 Å². The molecule has 0 fully saturated rings. The average molecular weight is 346 g/mol. The SMILES string of the molecule is CC(C)C[Si](O)(CC(C)C)CC(C)C.CCO.O.O.[Ti]. The van der Waals surface area contributed by atoms with Gasteiger partial charge in [-0.2, -0.15) is 0 Å². The Balaban J connectivity index is -0.000000114. The van der Waals surface area contributed by atoms with E-state index in [1.165, 1.54) is 0 Å². The number of aliphatic hydroxyl groups excluding tert-OH is 1. The Morgan fingerprint density at radius 2 is 0.900 bits per heavy atom. The van der Waals surface area contributed by atoms with Crippen LogP contribution in [0.4, 0.5) is 0 Å². The van der Waals surface area contributed by atoms with Gasteiger partial charge in [0.1, 0.15) is 0 Å². The van der Waals surface area contributed by atoms with Crippen molar-refractivity contribution >= 4 is 8.32 Å². The van der Waals surface area contributed by atoms with Crippen molar-refractivity contribution in [2.24, 2.45) is 17.8 Å². The van der Waals surface area contributed by atoms with Gasteiger partial charge in [-0.05, 0) is 42.8 Å². The van der Waals surface area contributed by atoms with Gasteiger partial charge in [0.15, 0.2) is 8.32 Å². The van der Waals surface area contributed by atoms with E-state index in [0.717, 1.165) is 18.1 Å². The predicted molar refractivity (Wildman–Crippen MR) is 86.9 cm³/mol. The summed E-state index contributed by atoms with van der Waals surface area (Å²) in [5.74, 6) is 1.93. The van der Waals surface area contributed by atoms with Crippen LogP contribution in [-0.4, -0.2) is 35.8 Å². The molecule has 0 aromatic heterocycles. The van der Waals surface area contributed by atoms with E-state index in [1.54, 1.807) is 6.92 Å². The molecular weight excluding hydrogens is 308 g/mol. The van der Waals surface area contributed by atoms with Gasteiger partial charge in [0.25, 0.3) is 0 Å². The summed E-state index contributed by atoms with van der Waals surface area (Å²) in [5, 5.41) is 7.57. The van der Waals surface area contributed by atoms with E-state index in [0.29, 0.717) is 17.8 Å². The monoisotopic (exact) mass is 346 g/mol. The molecule has 6 heteroatoms. The van der Waals surface area contributed by atoms with Crippen LogP contribution in [0, 0.1) is 17.8 Å². The van der Waals surface area contributed by atoms with Gasteiger partial charge < -0.3 is 20.9 Å². The Bertz CT molecular complexity index is 152. The first kappa shape index (κ1) is 32.6. The van der Waals surface area contributed by atoms with E-state index in [2.05, 4.69) is 41.5 Å². The Kier molecular flexibility index (Phi) is 29.1. The molecule has 0 spiro atoms. The molecule has 0 aliphatic rings. The van der Waals surface area contributed by atoms with Gasteiger partial charge in [-0.1, -0.05) is 41.5 Å². The van der Waals surface area contributed by atoms with Crippen LogP contribution in [0.5, 0.6) is 0 Å². The summed E-state index contributed by atoms with van der Waals surface area (Å²) in [4.78, 5) is 10.7. The maximum absolute atomic E-state index is 10.7. The van der Waals surface area contributed by atoms with E-state index < -0.39 is 8.32 Å². The van der Waals surface area contributed by atoms with Crippen LogP contribution in [0.3, 0.4) is 0 Å². The first-order valence-electron chi connectivity index (χ1n) is 7.00. The summed E-state index contributed by atoms with van der Waals surface area (Å²) in [6.45, 7) is 15.3. The average Bonchev–Trinajstić information content (AvgIpc) is 1.97. The molecule has 0 radical (unpaired) electrons. The molecule has 0 atom stereocenters. The smallest absolute Gasteiger partial charge is 0.189 e. The molecule has 0 saturated heterocycles. The molecule has 126 valence electrons. The Hall–Kier alpha value is 0.771. The predicted octanol–water partition coefficient (Wildman–Crippen LogP) is 2.24. The molecule has 0 heterocycles. The molecule has 0 amide bonds.